The second-order valence-electron chi connectivity index (χ2n) is 5.83. The van der Waals surface area contributed by atoms with E-state index >= 15 is 0 Å². The molecule has 6 nitrogen and oxygen atoms in total. The quantitative estimate of drug-likeness (QED) is 0.680. The number of carbonyl (C=O) groups excluding carboxylic acids is 1. The Morgan fingerprint density at radius 3 is 3.04 bits per heavy atom. The van der Waals surface area contributed by atoms with Crippen LogP contribution in [-0.4, -0.2) is 38.1 Å². The molecule has 1 aliphatic rings. The summed E-state index contributed by atoms with van der Waals surface area (Å²) in [7, 11) is 0. The third-order valence-electron chi connectivity index (χ3n) is 4.03. The predicted octanol–water partition coefficient (Wildman–Crippen LogP) is 2.32. The summed E-state index contributed by atoms with van der Waals surface area (Å²) < 4.78 is 0. The average Bonchev–Trinajstić information content (AvgIpc) is 2.60. The molecule has 1 amide bonds. The average molecular weight is 344 g/mol. The molecule has 7 heteroatoms. The van der Waals surface area contributed by atoms with Gasteiger partial charge in [-0.15, -0.1) is 0 Å². The van der Waals surface area contributed by atoms with Crippen LogP contribution in [0.3, 0.4) is 0 Å². The normalized spacial score (nSPS) is 17.7. The summed E-state index contributed by atoms with van der Waals surface area (Å²) in [4.78, 5) is 37.4. The Morgan fingerprint density at radius 2 is 2.29 bits per heavy atom. The van der Waals surface area contributed by atoms with Crippen molar-refractivity contribution < 1.29 is 4.79 Å². The van der Waals surface area contributed by atoms with Gasteiger partial charge in [0, 0.05) is 24.5 Å². The van der Waals surface area contributed by atoms with E-state index in [1.807, 2.05) is 23.1 Å². The summed E-state index contributed by atoms with van der Waals surface area (Å²) in [6.45, 7) is 2.52. The number of amides is 1. The molecule has 0 bridgehead atoms. The monoisotopic (exact) mass is 344 g/mol. The fourth-order valence-corrected chi connectivity index (χ4v) is 3.75. The van der Waals surface area contributed by atoms with Crippen LogP contribution in [-0.2, 0) is 4.79 Å². The first kappa shape index (κ1) is 16.7. The van der Waals surface area contributed by atoms with Gasteiger partial charge in [0.2, 0.25) is 5.91 Å². The minimum Gasteiger partial charge on any atom is -0.333 e. The van der Waals surface area contributed by atoms with Crippen molar-refractivity contribution in [2.45, 2.75) is 37.4 Å². The maximum absolute atomic E-state index is 12.7. The smallest absolute Gasteiger partial charge is 0.251 e. The lowest BCUT2D eigenvalue weighted by molar-refractivity contribution is -0.132. The van der Waals surface area contributed by atoms with Crippen molar-refractivity contribution in [3.63, 3.8) is 0 Å². The van der Waals surface area contributed by atoms with Crippen LogP contribution in [0.2, 0.25) is 0 Å². The van der Waals surface area contributed by atoms with E-state index in [4.69, 9.17) is 0 Å². The first-order chi connectivity index (χ1) is 11.6. The highest BCUT2D eigenvalue weighted by atomic mass is 32.2. The van der Waals surface area contributed by atoms with E-state index in [1.54, 1.807) is 13.1 Å². The van der Waals surface area contributed by atoms with Crippen LogP contribution >= 0.6 is 11.8 Å². The van der Waals surface area contributed by atoms with Gasteiger partial charge in [0.25, 0.3) is 5.56 Å². The molecular formula is C17H20N4O2S. The third kappa shape index (κ3) is 4.03. The van der Waals surface area contributed by atoms with Crippen LogP contribution in [0.1, 0.15) is 36.7 Å². The molecule has 0 saturated carbocycles. The molecule has 1 atom stereocenters. The van der Waals surface area contributed by atoms with Gasteiger partial charge in [-0.25, -0.2) is 4.98 Å². The Bertz CT molecular complexity index is 763. The van der Waals surface area contributed by atoms with Crippen LogP contribution in [0.15, 0.2) is 40.4 Å². The second-order valence-corrected chi connectivity index (χ2v) is 6.80. The topological polar surface area (TPSA) is 79.0 Å². The lowest BCUT2D eigenvalue weighted by Gasteiger charge is -2.35. The van der Waals surface area contributed by atoms with Crippen LogP contribution in [0.5, 0.6) is 0 Å². The van der Waals surface area contributed by atoms with Gasteiger partial charge in [0.15, 0.2) is 5.16 Å². The molecule has 1 aliphatic heterocycles. The third-order valence-corrected chi connectivity index (χ3v) is 4.89. The molecule has 1 saturated heterocycles. The highest BCUT2D eigenvalue weighted by Crippen LogP contribution is 2.30. The van der Waals surface area contributed by atoms with E-state index in [9.17, 15) is 9.59 Å². The number of aryl methyl sites for hydroxylation is 1. The Labute approximate surface area is 144 Å². The fraction of sp³-hybridized carbons (Fsp3) is 0.412. The van der Waals surface area contributed by atoms with Gasteiger partial charge in [0.05, 0.1) is 17.5 Å². The zero-order valence-corrected chi connectivity index (χ0v) is 14.4. The number of piperidine rings is 1. The number of carbonyl (C=O) groups is 1. The molecule has 126 valence electrons. The number of nitrogens with one attached hydrogen (secondary N) is 1. The number of likely N-dealkylation sites (tertiary alicyclic amines) is 1. The second kappa shape index (κ2) is 7.61. The van der Waals surface area contributed by atoms with Gasteiger partial charge in [-0.3, -0.25) is 14.6 Å². The summed E-state index contributed by atoms with van der Waals surface area (Å²) in [5.41, 5.74) is 1.40. The molecule has 0 aliphatic carbocycles. The molecule has 3 heterocycles. The van der Waals surface area contributed by atoms with E-state index in [0.29, 0.717) is 10.9 Å². The molecule has 2 aromatic rings. The number of aromatic nitrogens is 3. The number of nitrogens with zero attached hydrogens (tertiary/aromatic N) is 3. The van der Waals surface area contributed by atoms with Crippen molar-refractivity contribution in [2.24, 2.45) is 0 Å². The minimum absolute atomic E-state index is 0.0394. The molecule has 1 fully saturated rings. The van der Waals surface area contributed by atoms with E-state index < -0.39 is 0 Å². The molecule has 2 aromatic heterocycles. The van der Waals surface area contributed by atoms with Crippen molar-refractivity contribution in [1.82, 2.24) is 19.9 Å². The SMILES string of the molecule is Cc1cc(=O)[nH]c(SCC(=O)N2CCCC[C@H]2c2ccccn2)n1. The van der Waals surface area contributed by atoms with Crippen molar-refractivity contribution in [2.75, 3.05) is 12.3 Å². The molecular weight excluding hydrogens is 324 g/mol. The Morgan fingerprint density at radius 1 is 1.42 bits per heavy atom. The number of thioether (sulfide) groups is 1. The molecule has 24 heavy (non-hydrogen) atoms. The van der Waals surface area contributed by atoms with E-state index in [2.05, 4.69) is 15.0 Å². The van der Waals surface area contributed by atoms with Gasteiger partial charge < -0.3 is 9.88 Å². The molecule has 1 N–H and O–H groups in total. The van der Waals surface area contributed by atoms with Crippen LogP contribution in [0.4, 0.5) is 0 Å². The maximum atomic E-state index is 12.7. The lowest BCUT2D eigenvalue weighted by atomic mass is 9.99. The Kier molecular flexibility index (Phi) is 5.30. The Balaban J connectivity index is 1.69. The molecule has 0 unspecified atom stereocenters. The van der Waals surface area contributed by atoms with Crippen molar-refractivity contribution >= 4 is 17.7 Å². The van der Waals surface area contributed by atoms with E-state index in [1.165, 1.54) is 17.8 Å². The number of rotatable bonds is 4. The van der Waals surface area contributed by atoms with Gasteiger partial charge in [-0.2, -0.15) is 0 Å². The van der Waals surface area contributed by atoms with Crippen LogP contribution < -0.4 is 5.56 Å². The van der Waals surface area contributed by atoms with Gasteiger partial charge in [-0.1, -0.05) is 17.8 Å². The number of hydrogen-bond donors (Lipinski definition) is 1. The minimum atomic E-state index is -0.193. The van der Waals surface area contributed by atoms with Crippen molar-refractivity contribution in [3.05, 3.63) is 52.2 Å². The standard InChI is InChI=1S/C17H20N4O2S/c1-12-10-15(22)20-17(19-12)24-11-16(23)21-9-5-3-7-14(21)13-6-2-4-8-18-13/h2,4,6,8,10,14H,3,5,7,9,11H2,1H3,(H,19,20,22)/t14-/m0/s1. The highest BCUT2D eigenvalue weighted by Gasteiger charge is 2.28. The van der Waals surface area contributed by atoms with Gasteiger partial charge in [0.1, 0.15) is 0 Å². The van der Waals surface area contributed by atoms with Gasteiger partial charge >= 0.3 is 0 Å². The summed E-state index contributed by atoms with van der Waals surface area (Å²) in [6, 6.07) is 7.29. The number of H-pyrrole nitrogens is 1. The Hall–Kier alpha value is -2.15. The first-order valence-corrected chi connectivity index (χ1v) is 9.03. The van der Waals surface area contributed by atoms with E-state index in [0.717, 1.165) is 31.5 Å². The largest absolute Gasteiger partial charge is 0.333 e. The predicted molar refractivity (Wildman–Crippen MR) is 92.9 cm³/mol. The number of hydrogen-bond acceptors (Lipinski definition) is 5. The van der Waals surface area contributed by atoms with Crippen LogP contribution in [0.25, 0.3) is 0 Å². The van der Waals surface area contributed by atoms with E-state index in [-0.39, 0.29) is 23.3 Å². The van der Waals surface area contributed by atoms with Crippen molar-refractivity contribution in [1.29, 1.82) is 0 Å². The highest BCUT2D eigenvalue weighted by molar-refractivity contribution is 7.99. The summed E-state index contributed by atoms with van der Waals surface area (Å²) in [5, 5.41) is 0.486. The van der Waals surface area contributed by atoms with Gasteiger partial charge in [-0.05, 0) is 38.3 Å². The summed E-state index contributed by atoms with van der Waals surface area (Å²) >= 11 is 1.27. The number of pyridine rings is 1. The zero-order chi connectivity index (χ0) is 16.9. The zero-order valence-electron chi connectivity index (χ0n) is 13.6. The maximum Gasteiger partial charge on any atom is 0.251 e. The molecule has 0 radical (unpaired) electrons. The van der Waals surface area contributed by atoms with Crippen molar-refractivity contribution in [3.8, 4) is 0 Å². The lowest BCUT2D eigenvalue weighted by Crippen LogP contribution is -2.39. The molecule has 0 aromatic carbocycles. The first-order valence-electron chi connectivity index (χ1n) is 8.04. The molecule has 0 spiro atoms. The fourth-order valence-electron chi connectivity index (χ4n) is 2.94. The summed E-state index contributed by atoms with van der Waals surface area (Å²) in [6.07, 6.45) is 4.82. The summed E-state index contributed by atoms with van der Waals surface area (Å²) in [5.74, 6) is 0.315. The van der Waals surface area contributed by atoms with Crippen LogP contribution in [0, 0.1) is 6.92 Å². The number of aromatic amines is 1. The molecule has 3 rings (SSSR count).